The SMILES string of the molecule is Cc1cccc(C(=O)c2cc(O)c(O)c(O)c2)c1. The van der Waals surface area contributed by atoms with Gasteiger partial charge in [0.2, 0.25) is 0 Å². The minimum atomic E-state index is -0.629. The smallest absolute Gasteiger partial charge is 0.200 e. The number of hydrogen-bond donors (Lipinski definition) is 3. The standard InChI is InChI=1S/C14H12O4/c1-8-3-2-4-9(5-8)13(17)10-6-11(15)14(18)12(16)7-10/h2-7,15-16,18H,1H3. The number of aromatic hydroxyl groups is 3. The molecule has 0 saturated carbocycles. The number of carbonyl (C=O) groups is 1. The Morgan fingerprint density at radius 1 is 0.944 bits per heavy atom. The van der Waals surface area contributed by atoms with E-state index in [1.54, 1.807) is 18.2 Å². The number of rotatable bonds is 2. The zero-order valence-electron chi connectivity index (χ0n) is 9.71. The van der Waals surface area contributed by atoms with E-state index in [0.717, 1.165) is 17.7 Å². The average Bonchev–Trinajstić information content (AvgIpc) is 2.34. The summed E-state index contributed by atoms with van der Waals surface area (Å²) in [7, 11) is 0. The summed E-state index contributed by atoms with van der Waals surface area (Å²) in [6, 6.07) is 9.23. The molecule has 2 aromatic rings. The number of carbonyl (C=O) groups excluding carboxylic acids is 1. The summed E-state index contributed by atoms with van der Waals surface area (Å²) < 4.78 is 0. The summed E-state index contributed by atoms with van der Waals surface area (Å²) >= 11 is 0. The van der Waals surface area contributed by atoms with Gasteiger partial charge in [-0.15, -0.1) is 0 Å². The first-order valence-electron chi connectivity index (χ1n) is 5.35. The highest BCUT2D eigenvalue weighted by Gasteiger charge is 2.14. The predicted molar refractivity (Wildman–Crippen MR) is 66.0 cm³/mol. The molecule has 0 aromatic heterocycles. The molecule has 4 nitrogen and oxygen atoms in total. The van der Waals surface area contributed by atoms with Gasteiger partial charge in [-0.1, -0.05) is 23.8 Å². The van der Waals surface area contributed by atoms with E-state index in [0.29, 0.717) is 5.56 Å². The zero-order chi connectivity index (χ0) is 13.3. The summed E-state index contributed by atoms with van der Waals surface area (Å²) in [6.45, 7) is 1.86. The molecule has 0 amide bonds. The Morgan fingerprint density at radius 3 is 2.11 bits per heavy atom. The molecular weight excluding hydrogens is 232 g/mol. The van der Waals surface area contributed by atoms with E-state index < -0.39 is 17.2 Å². The Kier molecular flexibility index (Phi) is 2.93. The van der Waals surface area contributed by atoms with Gasteiger partial charge in [0.1, 0.15) is 0 Å². The summed E-state index contributed by atoms with van der Waals surface area (Å²) in [6.07, 6.45) is 0. The van der Waals surface area contributed by atoms with Crippen LogP contribution in [0.25, 0.3) is 0 Å². The maximum Gasteiger partial charge on any atom is 0.200 e. The van der Waals surface area contributed by atoms with Crippen molar-refractivity contribution in [2.24, 2.45) is 0 Å². The van der Waals surface area contributed by atoms with Gasteiger partial charge in [-0.25, -0.2) is 0 Å². The molecule has 4 heteroatoms. The molecule has 0 atom stereocenters. The van der Waals surface area contributed by atoms with Crippen LogP contribution in [0.1, 0.15) is 21.5 Å². The summed E-state index contributed by atoms with van der Waals surface area (Å²) in [5.41, 5.74) is 1.51. The van der Waals surface area contributed by atoms with Crippen LogP contribution in [-0.2, 0) is 0 Å². The molecule has 0 aliphatic heterocycles. The normalized spacial score (nSPS) is 10.3. The van der Waals surface area contributed by atoms with Crippen molar-refractivity contribution >= 4 is 5.78 Å². The topological polar surface area (TPSA) is 77.8 Å². The van der Waals surface area contributed by atoms with E-state index in [4.69, 9.17) is 0 Å². The molecular formula is C14H12O4. The first-order valence-corrected chi connectivity index (χ1v) is 5.35. The van der Waals surface area contributed by atoms with Crippen molar-refractivity contribution in [3.63, 3.8) is 0 Å². The molecule has 0 saturated heterocycles. The first kappa shape index (κ1) is 12.0. The number of hydrogen-bond acceptors (Lipinski definition) is 4. The van der Waals surface area contributed by atoms with Crippen LogP contribution in [0.3, 0.4) is 0 Å². The van der Waals surface area contributed by atoms with E-state index in [1.165, 1.54) is 0 Å². The third-order valence-electron chi connectivity index (χ3n) is 2.61. The Labute approximate surface area is 104 Å². The van der Waals surface area contributed by atoms with Gasteiger partial charge in [0.05, 0.1) is 0 Å². The molecule has 0 aliphatic rings. The second kappa shape index (κ2) is 4.41. The van der Waals surface area contributed by atoms with Crippen molar-refractivity contribution in [1.82, 2.24) is 0 Å². The molecule has 0 unspecified atom stereocenters. The van der Waals surface area contributed by atoms with Crippen molar-refractivity contribution in [3.05, 3.63) is 53.1 Å². The molecule has 0 heterocycles. The lowest BCUT2D eigenvalue weighted by molar-refractivity contribution is 0.103. The molecule has 2 aromatic carbocycles. The molecule has 18 heavy (non-hydrogen) atoms. The van der Waals surface area contributed by atoms with Crippen LogP contribution in [0.5, 0.6) is 17.2 Å². The maximum atomic E-state index is 12.1. The fourth-order valence-electron chi connectivity index (χ4n) is 1.69. The predicted octanol–water partition coefficient (Wildman–Crippen LogP) is 2.34. The highest BCUT2D eigenvalue weighted by molar-refractivity contribution is 6.09. The van der Waals surface area contributed by atoms with Crippen LogP contribution in [-0.4, -0.2) is 21.1 Å². The molecule has 0 bridgehead atoms. The van der Waals surface area contributed by atoms with Gasteiger partial charge in [0, 0.05) is 11.1 Å². The lowest BCUT2D eigenvalue weighted by Crippen LogP contribution is -2.01. The average molecular weight is 244 g/mol. The summed E-state index contributed by atoms with van der Waals surface area (Å²) in [4.78, 5) is 12.1. The van der Waals surface area contributed by atoms with Crippen molar-refractivity contribution in [1.29, 1.82) is 0 Å². The molecule has 3 N–H and O–H groups in total. The van der Waals surface area contributed by atoms with E-state index in [1.807, 2.05) is 13.0 Å². The summed E-state index contributed by atoms with van der Waals surface area (Å²) in [5, 5.41) is 28.0. The minimum Gasteiger partial charge on any atom is -0.504 e. The summed E-state index contributed by atoms with van der Waals surface area (Å²) in [5.74, 6) is -2.00. The molecule has 92 valence electrons. The van der Waals surface area contributed by atoms with Gasteiger partial charge >= 0.3 is 0 Å². The Bertz CT molecular complexity index is 594. The van der Waals surface area contributed by atoms with Crippen LogP contribution in [0, 0.1) is 6.92 Å². The van der Waals surface area contributed by atoms with Crippen molar-refractivity contribution in [2.75, 3.05) is 0 Å². The lowest BCUT2D eigenvalue weighted by atomic mass is 10.0. The van der Waals surface area contributed by atoms with Crippen LogP contribution in [0.4, 0.5) is 0 Å². The first-order chi connectivity index (χ1) is 8.49. The monoisotopic (exact) mass is 244 g/mol. The number of phenolic OH excluding ortho intramolecular Hbond substituents is 3. The Balaban J connectivity index is 2.47. The fourth-order valence-corrected chi connectivity index (χ4v) is 1.69. The van der Waals surface area contributed by atoms with Crippen molar-refractivity contribution in [2.45, 2.75) is 6.92 Å². The second-order valence-corrected chi connectivity index (χ2v) is 4.06. The highest BCUT2D eigenvalue weighted by Crippen LogP contribution is 2.35. The van der Waals surface area contributed by atoms with E-state index in [-0.39, 0.29) is 11.3 Å². The Hall–Kier alpha value is -2.49. The van der Waals surface area contributed by atoms with Crippen LogP contribution in [0.15, 0.2) is 36.4 Å². The van der Waals surface area contributed by atoms with Gasteiger partial charge < -0.3 is 15.3 Å². The second-order valence-electron chi connectivity index (χ2n) is 4.06. The quantitative estimate of drug-likeness (QED) is 0.559. The highest BCUT2D eigenvalue weighted by atomic mass is 16.3. The van der Waals surface area contributed by atoms with Crippen LogP contribution in [0.2, 0.25) is 0 Å². The Morgan fingerprint density at radius 2 is 1.56 bits per heavy atom. The number of aryl methyl sites for hydroxylation is 1. The van der Waals surface area contributed by atoms with E-state index in [2.05, 4.69) is 0 Å². The largest absolute Gasteiger partial charge is 0.504 e. The van der Waals surface area contributed by atoms with Gasteiger partial charge in [-0.05, 0) is 25.1 Å². The van der Waals surface area contributed by atoms with Gasteiger partial charge in [0.15, 0.2) is 23.0 Å². The number of benzene rings is 2. The molecule has 0 spiro atoms. The van der Waals surface area contributed by atoms with Crippen molar-refractivity contribution < 1.29 is 20.1 Å². The molecule has 2 rings (SSSR count). The maximum absolute atomic E-state index is 12.1. The zero-order valence-corrected chi connectivity index (χ0v) is 9.71. The van der Waals surface area contributed by atoms with Crippen molar-refractivity contribution in [3.8, 4) is 17.2 Å². The van der Waals surface area contributed by atoms with Gasteiger partial charge in [0.25, 0.3) is 0 Å². The van der Waals surface area contributed by atoms with Gasteiger partial charge in [-0.2, -0.15) is 0 Å². The fraction of sp³-hybridized carbons (Fsp3) is 0.0714. The molecule has 0 radical (unpaired) electrons. The molecule has 0 fully saturated rings. The van der Waals surface area contributed by atoms with Gasteiger partial charge in [-0.3, -0.25) is 4.79 Å². The molecule has 0 aliphatic carbocycles. The third-order valence-corrected chi connectivity index (χ3v) is 2.61. The number of ketones is 1. The number of phenols is 3. The third kappa shape index (κ3) is 2.13. The lowest BCUT2D eigenvalue weighted by Gasteiger charge is -2.06. The van der Waals surface area contributed by atoms with Crippen LogP contribution < -0.4 is 0 Å². The van der Waals surface area contributed by atoms with E-state index >= 15 is 0 Å². The van der Waals surface area contributed by atoms with E-state index in [9.17, 15) is 20.1 Å². The van der Waals surface area contributed by atoms with Crippen LogP contribution >= 0.6 is 0 Å². The minimum absolute atomic E-state index is 0.119.